The molecule has 0 spiro atoms. The van der Waals surface area contributed by atoms with Gasteiger partial charge in [-0.15, -0.1) is 11.3 Å². The van der Waals surface area contributed by atoms with E-state index < -0.39 is 10.0 Å². The molecular weight excluding hydrogens is 322 g/mol. The highest BCUT2D eigenvalue weighted by molar-refractivity contribution is 7.94. The maximum absolute atomic E-state index is 12.4. The molecule has 8 heteroatoms. The monoisotopic (exact) mass is 335 g/mol. The second-order valence-electron chi connectivity index (χ2n) is 4.77. The lowest BCUT2D eigenvalue weighted by Gasteiger charge is -2.06. The van der Waals surface area contributed by atoms with Crippen LogP contribution in [0.2, 0.25) is 0 Å². The van der Waals surface area contributed by atoms with Gasteiger partial charge in [-0.3, -0.25) is 4.72 Å². The molecule has 2 heterocycles. The summed E-state index contributed by atoms with van der Waals surface area (Å²) in [7, 11) is -3.63. The van der Waals surface area contributed by atoms with E-state index in [1.54, 1.807) is 30.5 Å². The van der Waals surface area contributed by atoms with E-state index in [0.29, 0.717) is 23.0 Å². The van der Waals surface area contributed by atoms with Crippen LogP contribution in [0.25, 0.3) is 11.4 Å². The van der Waals surface area contributed by atoms with E-state index in [4.69, 9.17) is 4.52 Å². The minimum Gasteiger partial charge on any atom is -0.339 e. The zero-order chi connectivity index (χ0) is 15.7. The predicted molar refractivity (Wildman–Crippen MR) is 84.3 cm³/mol. The Morgan fingerprint density at radius 2 is 2.05 bits per heavy atom. The fourth-order valence-electron chi connectivity index (χ4n) is 1.91. The molecule has 1 N–H and O–H groups in total. The number of aromatic nitrogens is 2. The number of sulfonamides is 1. The molecule has 1 aromatic carbocycles. The van der Waals surface area contributed by atoms with E-state index in [1.165, 1.54) is 6.07 Å². The van der Waals surface area contributed by atoms with Crippen LogP contribution in [0.5, 0.6) is 0 Å². The Labute approximate surface area is 131 Å². The highest BCUT2D eigenvalue weighted by Crippen LogP contribution is 2.28. The summed E-state index contributed by atoms with van der Waals surface area (Å²) in [6, 6.07) is 8.72. The van der Waals surface area contributed by atoms with Crippen LogP contribution in [0.1, 0.15) is 11.5 Å². The molecule has 3 aromatic rings. The number of anilines is 1. The van der Waals surface area contributed by atoms with Gasteiger partial charge in [-0.1, -0.05) is 17.3 Å². The Kier molecular flexibility index (Phi) is 3.71. The predicted octanol–water partition coefficient (Wildman–Crippen LogP) is 3.22. The highest BCUT2D eigenvalue weighted by Gasteiger charge is 2.19. The summed E-state index contributed by atoms with van der Waals surface area (Å²) < 4.78 is 32.5. The van der Waals surface area contributed by atoms with Crippen molar-refractivity contribution < 1.29 is 12.9 Å². The van der Waals surface area contributed by atoms with Gasteiger partial charge in [-0.2, -0.15) is 4.98 Å². The third kappa shape index (κ3) is 3.02. The van der Waals surface area contributed by atoms with Crippen molar-refractivity contribution in [1.82, 2.24) is 10.1 Å². The van der Waals surface area contributed by atoms with E-state index in [0.717, 1.165) is 16.9 Å². The minimum absolute atomic E-state index is 0.200. The number of hydrogen-bond acceptors (Lipinski definition) is 6. The zero-order valence-electron chi connectivity index (χ0n) is 11.9. The molecule has 0 aliphatic heterocycles. The molecule has 0 aliphatic rings. The van der Waals surface area contributed by atoms with Crippen molar-refractivity contribution in [3.63, 3.8) is 0 Å². The van der Waals surface area contributed by atoms with Crippen LogP contribution in [0.4, 0.5) is 5.69 Å². The van der Waals surface area contributed by atoms with E-state index in [-0.39, 0.29) is 4.21 Å². The molecule has 0 radical (unpaired) electrons. The topological polar surface area (TPSA) is 85.1 Å². The van der Waals surface area contributed by atoms with E-state index in [1.807, 2.05) is 13.0 Å². The summed E-state index contributed by atoms with van der Waals surface area (Å²) >= 11 is 1.11. The second kappa shape index (κ2) is 5.54. The summed E-state index contributed by atoms with van der Waals surface area (Å²) in [5.74, 6) is 0.814. The molecule has 0 saturated heterocycles. The Morgan fingerprint density at radius 1 is 1.23 bits per heavy atom. The fourth-order valence-corrected chi connectivity index (χ4v) is 4.11. The van der Waals surface area contributed by atoms with Gasteiger partial charge >= 0.3 is 0 Å². The molecule has 0 aliphatic carbocycles. The first-order valence-corrected chi connectivity index (χ1v) is 8.79. The van der Waals surface area contributed by atoms with Crippen LogP contribution in [0.3, 0.4) is 0 Å². The average Bonchev–Trinajstić information content (AvgIpc) is 3.06. The van der Waals surface area contributed by atoms with Crippen molar-refractivity contribution in [2.75, 3.05) is 4.72 Å². The van der Waals surface area contributed by atoms with Gasteiger partial charge in [0.05, 0.1) is 0 Å². The van der Waals surface area contributed by atoms with Gasteiger partial charge in [-0.05, 0) is 30.7 Å². The van der Waals surface area contributed by atoms with E-state index >= 15 is 0 Å². The molecule has 3 rings (SSSR count). The van der Waals surface area contributed by atoms with E-state index in [2.05, 4.69) is 14.9 Å². The van der Waals surface area contributed by atoms with Crippen LogP contribution < -0.4 is 4.72 Å². The number of hydrogen-bond donors (Lipinski definition) is 1. The molecule has 0 atom stereocenters. The summed E-state index contributed by atoms with van der Waals surface area (Å²) in [5, 5.41) is 5.47. The normalized spacial score (nSPS) is 11.5. The van der Waals surface area contributed by atoms with Gasteiger partial charge in [0.15, 0.2) is 0 Å². The molecule has 0 unspecified atom stereocenters. The first-order chi connectivity index (χ1) is 10.4. The van der Waals surface area contributed by atoms with Crippen LogP contribution in [-0.2, 0) is 10.0 Å². The van der Waals surface area contributed by atoms with Crippen molar-refractivity contribution in [2.45, 2.75) is 18.1 Å². The lowest BCUT2D eigenvalue weighted by Crippen LogP contribution is -2.11. The number of nitrogens with zero attached hydrogens (tertiary/aromatic N) is 2. The summed E-state index contributed by atoms with van der Waals surface area (Å²) in [6.45, 7) is 3.58. The summed E-state index contributed by atoms with van der Waals surface area (Å²) in [4.78, 5) is 4.09. The lowest BCUT2D eigenvalue weighted by molar-refractivity contribution is 0.394. The van der Waals surface area contributed by atoms with Gasteiger partial charge in [0, 0.05) is 23.6 Å². The third-order valence-corrected chi connectivity index (χ3v) is 5.72. The number of benzene rings is 1. The molecular formula is C14H13N3O3S2. The smallest absolute Gasteiger partial charge is 0.271 e. The van der Waals surface area contributed by atoms with Gasteiger partial charge in [0.25, 0.3) is 10.0 Å². The average molecular weight is 335 g/mol. The Hall–Kier alpha value is -2.19. The van der Waals surface area contributed by atoms with Crippen LogP contribution >= 0.6 is 11.3 Å². The maximum Gasteiger partial charge on any atom is 0.271 e. The van der Waals surface area contributed by atoms with Crippen molar-refractivity contribution >= 4 is 27.0 Å². The van der Waals surface area contributed by atoms with Crippen LogP contribution in [0.15, 0.2) is 44.4 Å². The van der Waals surface area contributed by atoms with Crippen LogP contribution in [-0.4, -0.2) is 18.6 Å². The zero-order valence-corrected chi connectivity index (χ0v) is 13.5. The first kappa shape index (κ1) is 14.7. The molecule has 114 valence electrons. The summed E-state index contributed by atoms with van der Waals surface area (Å²) in [5.41, 5.74) is 2.13. The SMILES string of the molecule is Cc1cccc(NS(=O)(=O)c2cc(-c3noc(C)n3)cs2)c1. The summed E-state index contributed by atoms with van der Waals surface area (Å²) in [6.07, 6.45) is 0. The van der Waals surface area contributed by atoms with Gasteiger partial charge in [-0.25, -0.2) is 8.42 Å². The van der Waals surface area contributed by atoms with Gasteiger partial charge in [0.2, 0.25) is 11.7 Å². The quantitative estimate of drug-likeness (QED) is 0.791. The van der Waals surface area contributed by atoms with Crippen LogP contribution in [0, 0.1) is 13.8 Å². The largest absolute Gasteiger partial charge is 0.339 e. The van der Waals surface area contributed by atoms with Crippen molar-refractivity contribution in [2.24, 2.45) is 0 Å². The van der Waals surface area contributed by atoms with Crippen molar-refractivity contribution in [1.29, 1.82) is 0 Å². The third-order valence-electron chi connectivity index (χ3n) is 2.90. The van der Waals surface area contributed by atoms with Crippen molar-refractivity contribution in [3.05, 3.63) is 47.2 Å². The molecule has 0 saturated carbocycles. The Balaban J connectivity index is 1.88. The Bertz CT molecular complexity index is 913. The van der Waals surface area contributed by atoms with Crippen molar-refractivity contribution in [3.8, 4) is 11.4 Å². The molecule has 6 nitrogen and oxygen atoms in total. The molecule has 0 amide bonds. The molecule has 0 fully saturated rings. The van der Waals surface area contributed by atoms with E-state index in [9.17, 15) is 8.42 Å². The fraction of sp³-hybridized carbons (Fsp3) is 0.143. The number of rotatable bonds is 4. The Morgan fingerprint density at radius 3 is 2.73 bits per heavy atom. The van der Waals surface area contributed by atoms with Gasteiger partial charge in [0.1, 0.15) is 4.21 Å². The minimum atomic E-state index is -3.63. The molecule has 2 aromatic heterocycles. The maximum atomic E-state index is 12.4. The molecule has 22 heavy (non-hydrogen) atoms. The standard InChI is InChI=1S/C14H13N3O3S2/c1-9-4-3-5-12(6-9)17-22(18,19)13-7-11(8-21-13)14-15-10(2)20-16-14/h3-8,17H,1-2H3. The number of thiophene rings is 1. The van der Waals surface area contributed by atoms with Gasteiger partial charge < -0.3 is 4.52 Å². The highest BCUT2D eigenvalue weighted by atomic mass is 32.2. The first-order valence-electron chi connectivity index (χ1n) is 6.43. The lowest BCUT2D eigenvalue weighted by atomic mass is 10.2. The number of nitrogens with one attached hydrogen (secondary N) is 1. The second-order valence-corrected chi connectivity index (χ2v) is 7.59. The molecule has 0 bridgehead atoms. The number of aryl methyl sites for hydroxylation is 2.